The number of hydrogen-bond acceptors (Lipinski definition) is 7. The zero-order valence-corrected chi connectivity index (χ0v) is 13.5. The number of aryl methyl sites for hydroxylation is 1. The largest absolute Gasteiger partial charge is 0.387 e. The van der Waals surface area contributed by atoms with Crippen molar-refractivity contribution in [3.63, 3.8) is 0 Å². The fraction of sp³-hybridized carbons (Fsp3) is 0.467. The predicted molar refractivity (Wildman–Crippen MR) is 81.1 cm³/mol. The van der Waals surface area contributed by atoms with Crippen molar-refractivity contribution in [2.45, 2.75) is 36.4 Å². The van der Waals surface area contributed by atoms with Crippen molar-refractivity contribution in [2.24, 2.45) is 0 Å². The van der Waals surface area contributed by atoms with Crippen LogP contribution in [0, 0.1) is 6.92 Å². The summed E-state index contributed by atoms with van der Waals surface area (Å²) in [6.07, 6.45) is -3.20. The van der Waals surface area contributed by atoms with Gasteiger partial charge in [-0.3, -0.25) is 4.18 Å². The highest BCUT2D eigenvalue weighted by Crippen LogP contribution is 2.24. The molecule has 1 aromatic rings. The maximum atomic E-state index is 12.1. The van der Waals surface area contributed by atoms with Crippen molar-refractivity contribution in [2.75, 3.05) is 13.2 Å². The van der Waals surface area contributed by atoms with Crippen LogP contribution in [0.25, 0.3) is 0 Å². The Morgan fingerprint density at radius 1 is 1.26 bits per heavy atom. The van der Waals surface area contributed by atoms with Crippen molar-refractivity contribution in [3.8, 4) is 0 Å². The molecule has 1 aliphatic heterocycles. The van der Waals surface area contributed by atoms with E-state index >= 15 is 0 Å². The lowest BCUT2D eigenvalue weighted by Crippen LogP contribution is -2.35. The molecular weight excluding hydrogens is 324 g/mol. The highest BCUT2D eigenvalue weighted by molar-refractivity contribution is 7.86. The SMILES string of the molecule is C=CCOC1OC(COS(=O)(=O)c2ccc(C)cc2)[C@H](O)C1O. The van der Waals surface area contributed by atoms with Gasteiger partial charge in [0.15, 0.2) is 6.29 Å². The summed E-state index contributed by atoms with van der Waals surface area (Å²) in [6, 6.07) is 6.17. The van der Waals surface area contributed by atoms with Crippen molar-refractivity contribution in [3.05, 3.63) is 42.5 Å². The minimum atomic E-state index is -3.97. The first kappa shape index (κ1) is 18.1. The molecule has 1 aliphatic rings. The lowest BCUT2D eigenvalue weighted by molar-refractivity contribution is -0.161. The lowest BCUT2D eigenvalue weighted by Gasteiger charge is -2.14. The third kappa shape index (κ3) is 4.37. The number of ether oxygens (including phenoxy) is 2. The normalized spacial score (nSPS) is 28.0. The first-order valence-corrected chi connectivity index (χ1v) is 8.46. The molecule has 7 nitrogen and oxygen atoms in total. The molecule has 0 spiro atoms. The van der Waals surface area contributed by atoms with E-state index in [1.165, 1.54) is 18.2 Å². The highest BCUT2D eigenvalue weighted by atomic mass is 32.2. The molecule has 2 N–H and O–H groups in total. The number of benzene rings is 1. The van der Waals surface area contributed by atoms with Crippen LogP contribution in [0.15, 0.2) is 41.8 Å². The van der Waals surface area contributed by atoms with E-state index < -0.39 is 41.3 Å². The number of hydrogen-bond donors (Lipinski definition) is 2. The second-order valence-corrected chi connectivity index (χ2v) is 6.81. The molecule has 0 saturated carbocycles. The monoisotopic (exact) mass is 344 g/mol. The first-order valence-electron chi connectivity index (χ1n) is 7.05. The van der Waals surface area contributed by atoms with Gasteiger partial charge in [0.25, 0.3) is 10.1 Å². The van der Waals surface area contributed by atoms with Crippen LogP contribution in [0.5, 0.6) is 0 Å². The Labute approximate surface area is 135 Å². The Bertz CT molecular complexity index is 626. The molecule has 8 heteroatoms. The zero-order valence-electron chi connectivity index (χ0n) is 12.7. The second kappa shape index (κ2) is 7.52. The molecule has 128 valence electrons. The highest BCUT2D eigenvalue weighted by Gasteiger charge is 2.44. The first-order chi connectivity index (χ1) is 10.8. The van der Waals surface area contributed by atoms with Gasteiger partial charge in [-0.05, 0) is 19.1 Å². The molecule has 1 aromatic carbocycles. The van der Waals surface area contributed by atoms with Crippen LogP contribution in [0.4, 0.5) is 0 Å². The van der Waals surface area contributed by atoms with Gasteiger partial charge in [0.1, 0.15) is 18.3 Å². The molecule has 2 rings (SSSR count). The van der Waals surface area contributed by atoms with E-state index in [9.17, 15) is 18.6 Å². The molecule has 0 radical (unpaired) electrons. The molecule has 1 heterocycles. The summed E-state index contributed by atoms with van der Waals surface area (Å²) >= 11 is 0. The van der Waals surface area contributed by atoms with E-state index in [1.807, 2.05) is 6.92 Å². The van der Waals surface area contributed by atoms with E-state index in [2.05, 4.69) is 6.58 Å². The van der Waals surface area contributed by atoms with Gasteiger partial charge in [0, 0.05) is 0 Å². The molecule has 1 fully saturated rings. The standard InChI is InChI=1S/C15H20O7S/c1-3-8-20-15-14(17)13(16)12(22-15)9-21-23(18,19)11-6-4-10(2)5-7-11/h3-7,12-17H,1,8-9H2,2H3/t12?,13-,14?,15?/m0/s1. The fourth-order valence-corrected chi connectivity index (χ4v) is 3.00. The van der Waals surface area contributed by atoms with Gasteiger partial charge in [-0.15, -0.1) is 6.58 Å². The van der Waals surface area contributed by atoms with Crippen LogP contribution >= 0.6 is 0 Å². The van der Waals surface area contributed by atoms with E-state index in [-0.39, 0.29) is 11.5 Å². The van der Waals surface area contributed by atoms with Gasteiger partial charge >= 0.3 is 0 Å². The van der Waals surface area contributed by atoms with Gasteiger partial charge in [-0.2, -0.15) is 8.42 Å². The van der Waals surface area contributed by atoms with Gasteiger partial charge < -0.3 is 19.7 Å². The topological polar surface area (TPSA) is 102 Å². The van der Waals surface area contributed by atoms with Crippen molar-refractivity contribution in [1.82, 2.24) is 0 Å². The molecule has 0 bridgehead atoms. The van der Waals surface area contributed by atoms with Gasteiger partial charge in [-0.1, -0.05) is 23.8 Å². The summed E-state index contributed by atoms with van der Waals surface area (Å²) in [5.74, 6) is 0. The van der Waals surface area contributed by atoms with Crippen molar-refractivity contribution >= 4 is 10.1 Å². The van der Waals surface area contributed by atoms with E-state index in [0.29, 0.717) is 0 Å². The molecule has 1 saturated heterocycles. The van der Waals surface area contributed by atoms with Crippen LogP contribution in [-0.2, 0) is 23.8 Å². The van der Waals surface area contributed by atoms with Crippen molar-refractivity contribution < 1.29 is 32.3 Å². The summed E-state index contributed by atoms with van der Waals surface area (Å²) in [6.45, 7) is 5.00. The van der Waals surface area contributed by atoms with Gasteiger partial charge in [0.2, 0.25) is 0 Å². The fourth-order valence-electron chi connectivity index (χ4n) is 2.08. The molecule has 23 heavy (non-hydrogen) atoms. The minimum Gasteiger partial charge on any atom is -0.387 e. The third-order valence-corrected chi connectivity index (χ3v) is 4.69. The summed E-state index contributed by atoms with van der Waals surface area (Å²) in [5, 5.41) is 19.7. The number of aliphatic hydroxyl groups excluding tert-OH is 2. The van der Waals surface area contributed by atoms with Crippen LogP contribution in [-0.4, -0.2) is 56.4 Å². The number of rotatable bonds is 7. The average molecular weight is 344 g/mol. The Balaban J connectivity index is 1.97. The maximum absolute atomic E-state index is 12.1. The summed E-state index contributed by atoms with van der Waals surface area (Å²) < 4.78 is 39.5. The Hall–Kier alpha value is -1.29. The Morgan fingerprint density at radius 3 is 2.52 bits per heavy atom. The van der Waals surface area contributed by atoms with Crippen LogP contribution < -0.4 is 0 Å². The average Bonchev–Trinajstić information content (AvgIpc) is 2.79. The van der Waals surface area contributed by atoms with E-state index in [1.54, 1.807) is 12.1 Å². The van der Waals surface area contributed by atoms with E-state index in [4.69, 9.17) is 13.7 Å². The lowest BCUT2D eigenvalue weighted by atomic mass is 10.1. The zero-order chi connectivity index (χ0) is 17.0. The van der Waals surface area contributed by atoms with Gasteiger partial charge in [-0.25, -0.2) is 0 Å². The molecular formula is C15H20O7S. The Morgan fingerprint density at radius 2 is 1.91 bits per heavy atom. The Kier molecular flexibility index (Phi) is 5.90. The quantitative estimate of drug-likeness (QED) is 0.543. The van der Waals surface area contributed by atoms with Crippen molar-refractivity contribution in [1.29, 1.82) is 0 Å². The third-order valence-electron chi connectivity index (χ3n) is 3.39. The molecule has 3 unspecified atom stereocenters. The molecule has 0 amide bonds. The summed E-state index contributed by atoms with van der Waals surface area (Å²) in [5.41, 5.74) is 0.920. The minimum absolute atomic E-state index is 0.00981. The van der Waals surface area contributed by atoms with Crippen LogP contribution in [0.3, 0.4) is 0 Å². The smallest absolute Gasteiger partial charge is 0.297 e. The second-order valence-electron chi connectivity index (χ2n) is 5.20. The molecule has 0 aromatic heterocycles. The van der Waals surface area contributed by atoms with E-state index in [0.717, 1.165) is 5.56 Å². The number of aliphatic hydroxyl groups is 2. The predicted octanol–water partition coefficient (Wildman–Crippen LogP) is 0.350. The summed E-state index contributed by atoms with van der Waals surface area (Å²) in [4.78, 5) is 0.00981. The van der Waals surface area contributed by atoms with Gasteiger partial charge in [0.05, 0.1) is 18.1 Å². The molecule has 4 atom stereocenters. The summed E-state index contributed by atoms with van der Waals surface area (Å²) in [7, 11) is -3.97. The van der Waals surface area contributed by atoms with Crippen LogP contribution in [0.1, 0.15) is 5.56 Å². The maximum Gasteiger partial charge on any atom is 0.297 e. The van der Waals surface area contributed by atoms with Crippen LogP contribution in [0.2, 0.25) is 0 Å². The molecule has 0 aliphatic carbocycles.